The van der Waals surface area contributed by atoms with Crippen molar-refractivity contribution in [1.82, 2.24) is 10.2 Å². The summed E-state index contributed by atoms with van der Waals surface area (Å²) in [6.45, 7) is 0.192. The third kappa shape index (κ3) is 3.27. The fourth-order valence-electron chi connectivity index (χ4n) is 2.42. The van der Waals surface area contributed by atoms with Gasteiger partial charge in [0.05, 0.1) is 17.0 Å². The Labute approximate surface area is 147 Å². The molecule has 126 valence electrons. The van der Waals surface area contributed by atoms with Gasteiger partial charge in [-0.15, -0.1) is 5.10 Å². The number of hydrogen-bond acceptors (Lipinski definition) is 6. The third-order valence-corrected chi connectivity index (χ3v) is 3.91. The maximum atomic E-state index is 12.2. The molecular weight excluding hydrogens is 346 g/mol. The van der Waals surface area contributed by atoms with Crippen LogP contribution in [0.1, 0.15) is 5.56 Å². The smallest absolute Gasteiger partial charge is 0.322 e. The molecule has 1 aromatic heterocycles. The van der Waals surface area contributed by atoms with Gasteiger partial charge in [0.25, 0.3) is 5.89 Å². The standard InChI is InChI=1S/C17H12ClN3O4/c18-12-4-2-1-3-11(12)16-20-21-17(25-16)19-15(22)8-10-5-6-13-14(7-10)24-9-23-13/h1-7H,8-9H2,(H,19,21,22). The van der Waals surface area contributed by atoms with E-state index in [2.05, 4.69) is 15.5 Å². The Morgan fingerprint density at radius 1 is 1.12 bits per heavy atom. The molecule has 0 unspecified atom stereocenters. The van der Waals surface area contributed by atoms with Crippen LogP contribution < -0.4 is 14.8 Å². The summed E-state index contributed by atoms with van der Waals surface area (Å²) in [5, 5.41) is 10.8. The molecule has 0 saturated heterocycles. The van der Waals surface area contributed by atoms with E-state index >= 15 is 0 Å². The molecule has 1 aliphatic rings. The number of nitrogens with one attached hydrogen (secondary N) is 1. The van der Waals surface area contributed by atoms with Gasteiger partial charge in [-0.3, -0.25) is 10.1 Å². The van der Waals surface area contributed by atoms with Crippen molar-refractivity contribution in [2.45, 2.75) is 6.42 Å². The minimum absolute atomic E-state index is 0.0145. The molecule has 1 amide bonds. The van der Waals surface area contributed by atoms with Crippen LogP contribution in [-0.2, 0) is 11.2 Å². The van der Waals surface area contributed by atoms with Crippen LogP contribution in [0.5, 0.6) is 11.5 Å². The van der Waals surface area contributed by atoms with E-state index in [9.17, 15) is 4.79 Å². The highest BCUT2D eigenvalue weighted by atomic mass is 35.5. The fourth-order valence-corrected chi connectivity index (χ4v) is 2.63. The number of carbonyl (C=O) groups excluding carboxylic acids is 1. The second-order valence-electron chi connectivity index (χ2n) is 5.30. The van der Waals surface area contributed by atoms with E-state index in [-0.39, 0.29) is 31.0 Å². The van der Waals surface area contributed by atoms with Crippen molar-refractivity contribution in [1.29, 1.82) is 0 Å². The normalized spacial score (nSPS) is 12.2. The molecule has 0 aliphatic carbocycles. The molecular formula is C17H12ClN3O4. The van der Waals surface area contributed by atoms with Gasteiger partial charge in [0.2, 0.25) is 12.7 Å². The van der Waals surface area contributed by atoms with E-state index in [1.807, 2.05) is 6.07 Å². The van der Waals surface area contributed by atoms with E-state index in [1.54, 1.807) is 36.4 Å². The highest BCUT2D eigenvalue weighted by Crippen LogP contribution is 2.32. The predicted octanol–water partition coefficient (Wildman–Crippen LogP) is 3.30. The van der Waals surface area contributed by atoms with Crippen molar-refractivity contribution in [3.63, 3.8) is 0 Å². The number of hydrogen-bond donors (Lipinski definition) is 1. The van der Waals surface area contributed by atoms with Crippen molar-refractivity contribution in [3.8, 4) is 23.0 Å². The van der Waals surface area contributed by atoms with E-state index in [1.165, 1.54) is 0 Å². The molecule has 2 heterocycles. The van der Waals surface area contributed by atoms with Crippen molar-refractivity contribution in [2.75, 3.05) is 12.1 Å². The maximum absolute atomic E-state index is 12.2. The molecule has 7 nitrogen and oxygen atoms in total. The van der Waals surface area contributed by atoms with Gasteiger partial charge < -0.3 is 13.9 Å². The number of aromatic nitrogens is 2. The molecule has 1 N–H and O–H groups in total. The number of ether oxygens (including phenoxy) is 2. The summed E-state index contributed by atoms with van der Waals surface area (Å²) in [4.78, 5) is 12.2. The summed E-state index contributed by atoms with van der Waals surface area (Å²) >= 11 is 6.09. The number of amides is 1. The first-order valence-corrected chi connectivity index (χ1v) is 7.83. The molecule has 0 fully saturated rings. The molecule has 3 aromatic rings. The summed E-state index contributed by atoms with van der Waals surface area (Å²) < 4.78 is 16.0. The minimum atomic E-state index is -0.284. The number of halogens is 1. The van der Waals surface area contributed by atoms with Crippen molar-refractivity contribution < 1.29 is 18.7 Å². The number of nitrogens with zero attached hydrogens (tertiary/aromatic N) is 2. The summed E-state index contributed by atoms with van der Waals surface area (Å²) in [6, 6.07) is 12.4. The number of carbonyl (C=O) groups is 1. The van der Waals surface area contributed by atoms with Crippen molar-refractivity contribution in [3.05, 3.63) is 53.1 Å². The number of anilines is 1. The molecule has 0 atom stereocenters. The van der Waals surface area contributed by atoms with Gasteiger partial charge in [-0.2, -0.15) is 0 Å². The second kappa shape index (κ2) is 6.45. The highest BCUT2D eigenvalue weighted by molar-refractivity contribution is 6.33. The zero-order valence-corrected chi connectivity index (χ0v) is 13.6. The topological polar surface area (TPSA) is 86.5 Å². The summed E-state index contributed by atoms with van der Waals surface area (Å²) in [5.41, 5.74) is 1.39. The van der Waals surface area contributed by atoms with Gasteiger partial charge in [0, 0.05) is 0 Å². The molecule has 2 aromatic carbocycles. The van der Waals surface area contributed by atoms with Gasteiger partial charge in [0.1, 0.15) is 0 Å². The average Bonchev–Trinajstić information content (AvgIpc) is 3.24. The predicted molar refractivity (Wildman–Crippen MR) is 89.6 cm³/mol. The number of benzene rings is 2. The van der Waals surface area contributed by atoms with Crippen molar-refractivity contribution in [2.24, 2.45) is 0 Å². The monoisotopic (exact) mass is 357 g/mol. The number of fused-ring (bicyclic) bond motifs is 1. The van der Waals surface area contributed by atoms with Gasteiger partial charge in [-0.25, -0.2) is 0 Å². The van der Waals surface area contributed by atoms with E-state index in [4.69, 9.17) is 25.5 Å². The Kier molecular flexibility index (Phi) is 3.99. The highest BCUT2D eigenvalue weighted by Gasteiger charge is 2.16. The fraction of sp³-hybridized carbons (Fsp3) is 0.118. The van der Waals surface area contributed by atoms with Crippen LogP contribution in [0, 0.1) is 0 Å². The Bertz CT molecular complexity index is 941. The first-order valence-electron chi connectivity index (χ1n) is 7.46. The summed E-state index contributed by atoms with van der Waals surface area (Å²) in [6.07, 6.45) is 0.139. The molecule has 0 saturated carbocycles. The first kappa shape index (κ1) is 15.5. The molecule has 0 spiro atoms. The number of rotatable bonds is 4. The lowest BCUT2D eigenvalue weighted by molar-refractivity contribution is -0.115. The zero-order valence-electron chi connectivity index (χ0n) is 12.9. The lowest BCUT2D eigenvalue weighted by Gasteiger charge is -2.03. The lowest BCUT2D eigenvalue weighted by Crippen LogP contribution is -2.14. The van der Waals surface area contributed by atoms with E-state index in [0.29, 0.717) is 22.1 Å². The average molecular weight is 358 g/mol. The van der Waals surface area contributed by atoms with Crippen LogP contribution in [0.25, 0.3) is 11.5 Å². The Hall–Kier alpha value is -3.06. The lowest BCUT2D eigenvalue weighted by atomic mass is 10.1. The zero-order chi connectivity index (χ0) is 17.2. The van der Waals surface area contributed by atoms with E-state index in [0.717, 1.165) is 5.56 Å². The SMILES string of the molecule is O=C(Cc1ccc2c(c1)OCO2)Nc1nnc(-c2ccccc2Cl)o1. The van der Waals surface area contributed by atoms with Crippen LogP contribution in [0.3, 0.4) is 0 Å². The van der Waals surface area contributed by atoms with Crippen LogP contribution >= 0.6 is 11.6 Å². The van der Waals surface area contributed by atoms with Crippen molar-refractivity contribution >= 4 is 23.5 Å². The third-order valence-electron chi connectivity index (χ3n) is 3.58. The van der Waals surface area contributed by atoms with Gasteiger partial charge >= 0.3 is 6.01 Å². The van der Waals surface area contributed by atoms with Crippen LogP contribution in [0.15, 0.2) is 46.9 Å². The Morgan fingerprint density at radius 3 is 2.84 bits per heavy atom. The Morgan fingerprint density at radius 2 is 1.96 bits per heavy atom. The largest absolute Gasteiger partial charge is 0.454 e. The van der Waals surface area contributed by atoms with Gasteiger partial charge in [0.15, 0.2) is 11.5 Å². The van der Waals surface area contributed by atoms with Crippen LogP contribution in [-0.4, -0.2) is 22.9 Å². The van der Waals surface area contributed by atoms with Crippen LogP contribution in [0.4, 0.5) is 6.01 Å². The second-order valence-corrected chi connectivity index (χ2v) is 5.71. The molecule has 4 rings (SSSR count). The Balaban J connectivity index is 1.44. The van der Waals surface area contributed by atoms with Gasteiger partial charge in [-0.1, -0.05) is 34.9 Å². The summed E-state index contributed by atoms with van der Waals surface area (Å²) in [7, 11) is 0. The van der Waals surface area contributed by atoms with E-state index < -0.39 is 0 Å². The summed E-state index contributed by atoms with van der Waals surface area (Å²) in [5.74, 6) is 1.26. The molecule has 25 heavy (non-hydrogen) atoms. The first-order chi connectivity index (χ1) is 12.2. The minimum Gasteiger partial charge on any atom is -0.454 e. The molecule has 8 heteroatoms. The van der Waals surface area contributed by atoms with Gasteiger partial charge in [-0.05, 0) is 29.8 Å². The van der Waals surface area contributed by atoms with Crippen LogP contribution in [0.2, 0.25) is 5.02 Å². The molecule has 1 aliphatic heterocycles. The quantitative estimate of drug-likeness (QED) is 0.771. The molecule has 0 radical (unpaired) electrons. The maximum Gasteiger partial charge on any atom is 0.322 e. The molecule has 0 bridgehead atoms.